The number of nitrogens with zero attached hydrogens (tertiary/aromatic N) is 6. The van der Waals surface area contributed by atoms with Crippen LogP contribution in [-0.4, -0.2) is 68.6 Å². The summed E-state index contributed by atoms with van der Waals surface area (Å²) in [6.07, 6.45) is -7.05. The highest BCUT2D eigenvalue weighted by atomic mass is 19.4. The standard InChI is InChI=1S/C31H29F3N2O4.C29H27F3N4O4.C18H13N5O4.C11H14F3N/c1-30(2,3)17-10-16(11-18(13-17)31(32,33)34)12-19(37)14-23-27-22-15-20(4-6-24(22)40-28(23)27)39-25-8-9-35-29-21(25)5-7-26(38)36-29;1-28(2,33)15-7-14(8-16(10-15)29(30,31)32)9-17(37)11-20-24-19-12-18(3-4-22(19)40-25(20)24)39-23-5-6-34-26-21(23)13-35-27(38)36-26;19-23-22-18(25)15-14-10-7-8(1-3-11(10)27-16(14)15)26-12-5-6-20-17-9(12)2-4-13(24)21-17;1-10(2,3)7-4-8(11(12,13)14)6-9(15)5-7/h4,6,8-11,13,15,23,27-28H,5,7,12,14H2,1-3H3,(H,35,36,38);3-8,10,12,20,24-25H,9,11,13,33H2,1-2H3,(H2,34,35,36,38);1,3,5-7,14-16H,2,4H2,(H,20,21,24);4-6H,15H2,1-3H3/t23-,27-,28+;20-,24-,25+;14-,15-,16-;/m000./s1. The summed E-state index contributed by atoms with van der Waals surface area (Å²) < 4.78 is 155. The molecular formula is C89H83F9N12O12. The van der Waals surface area contributed by atoms with E-state index in [1.165, 1.54) is 6.07 Å². The summed E-state index contributed by atoms with van der Waals surface area (Å²) in [5.41, 5.74) is 23.4. The Morgan fingerprint density at radius 3 is 1.29 bits per heavy atom. The van der Waals surface area contributed by atoms with Crippen molar-refractivity contribution in [1.29, 1.82) is 0 Å². The zero-order chi connectivity index (χ0) is 87.2. The number of amides is 5. The first-order valence-electron chi connectivity index (χ1n) is 39.4. The van der Waals surface area contributed by atoms with Crippen LogP contribution in [0.1, 0.15) is 177 Å². The minimum Gasteiger partial charge on any atom is -0.489 e. The number of alkyl halides is 9. The first kappa shape index (κ1) is 84.3. The Hall–Kier alpha value is -12.8. The maximum atomic E-state index is 13.5. The molecule has 3 aromatic heterocycles. The van der Waals surface area contributed by atoms with Gasteiger partial charge >= 0.3 is 24.6 Å². The van der Waals surface area contributed by atoms with Gasteiger partial charge in [0.1, 0.15) is 99.1 Å². The molecule has 3 saturated carbocycles. The van der Waals surface area contributed by atoms with Gasteiger partial charge in [-0.3, -0.25) is 29.3 Å². The van der Waals surface area contributed by atoms with E-state index in [0.29, 0.717) is 111 Å². The lowest BCUT2D eigenvalue weighted by Crippen LogP contribution is -2.34. The fourth-order valence-corrected chi connectivity index (χ4v) is 16.2. The highest BCUT2D eigenvalue weighted by Crippen LogP contribution is 2.63. The number of urea groups is 1. The maximum absolute atomic E-state index is 13.5. The Morgan fingerprint density at radius 1 is 0.484 bits per heavy atom. The van der Waals surface area contributed by atoms with Crippen molar-refractivity contribution in [3.8, 4) is 51.7 Å². The topological polar surface area (TPSA) is 345 Å². The van der Waals surface area contributed by atoms with E-state index in [4.69, 9.17) is 45.4 Å². The Balaban J connectivity index is 0.000000133. The van der Waals surface area contributed by atoms with Gasteiger partial charge in [-0.05, 0) is 191 Å². The van der Waals surface area contributed by atoms with Gasteiger partial charge in [-0.2, -0.15) is 39.5 Å². The number of ketones is 2. The van der Waals surface area contributed by atoms with Crippen molar-refractivity contribution in [2.24, 2.45) is 28.6 Å². The molecule has 18 rings (SSSR count). The molecular weight excluding hydrogens is 1600 g/mol. The number of fused-ring (bicyclic) bond motifs is 12. The molecule has 0 saturated heterocycles. The SMILES string of the molecule is CC(C)(C)c1cc(CC(=O)C[C@@H]2[C@H]3Oc4ccc(Oc5ccnc6c5CCC(=O)N6)cc4[C@@H]23)cc(C(F)(F)F)c1.CC(C)(C)c1cc(N)cc(C(F)(F)F)c1.CC(C)(N)c1cc(CC(=O)C[C@@H]2[C@H]3Oc4ccc(Oc5ccnc6c5CNC(=O)N6)cc4[C@@H]23)cc(C(F)(F)F)c1.[N-]=[N+]=NC(=O)[C@@H]1[C@H]2Oc3ccc(Oc4ccnc5c4CCC(=O)N5)cc3[C@H]21. The van der Waals surface area contributed by atoms with Crippen LogP contribution >= 0.6 is 0 Å². The van der Waals surface area contributed by atoms with Gasteiger partial charge < -0.3 is 55.8 Å². The number of Topliss-reactive ketones (excluding diaryl/α,β-unsaturated/α-hetero) is 2. The molecule has 0 unspecified atom stereocenters. The second kappa shape index (κ2) is 32.0. The third-order valence-corrected chi connectivity index (χ3v) is 22.6. The number of azide groups is 1. The Morgan fingerprint density at radius 2 is 0.861 bits per heavy atom. The predicted octanol–water partition coefficient (Wildman–Crippen LogP) is 18.8. The number of carbonyl (C=O) groups excluding carboxylic acids is 6. The Bertz CT molecular complexity index is 5470. The highest BCUT2D eigenvalue weighted by Gasteiger charge is 2.63. The van der Waals surface area contributed by atoms with Crippen molar-refractivity contribution in [1.82, 2.24) is 20.3 Å². The number of aromatic nitrogens is 3. The van der Waals surface area contributed by atoms with Crippen molar-refractivity contribution in [3.05, 3.63) is 234 Å². The van der Waals surface area contributed by atoms with Crippen LogP contribution in [0.25, 0.3) is 10.4 Å². The number of halogens is 9. The summed E-state index contributed by atoms with van der Waals surface area (Å²) in [7, 11) is 0. The minimum atomic E-state index is -4.54. The third-order valence-electron chi connectivity index (χ3n) is 22.6. The quantitative estimate of drug-likeness (QED) is 0.0172. The zero-order valence-electron chi connectivity index (χ0n) is 67.1. The molecule has 24 nitrogen and oxygen atoms in total. The van der Waals surface area contributed by atoms with Gasteiger partial charge in [0.05, 0.1) is 34.7 Å². The van der Waals surface area contributed by atoms with E-state index < -0.39 is 58.0 Å². The second-order valence-electron chi connectivity index (χ2n) is 34.2. The molecule has 9 heterocycles. The Labute approximate surface area is 693 Å². The van der Waals surface area contributed by atoms with Crippen molar-refractivity contribution in [2.45, 2.75) is 184 Å². The molecule has 9 aromatic rings. The molecule has 8 N–H and O–H groups in total. The van der Waals surface area contributed by atoms with E-state index in [0.717, 1.165) is 75.2 Å². The summed E-state index contributed by atoms with van der Waals surface area (Å²) in [6.45, 7) is 14.7. The summed E-state index contributed by atoms with van der Waals surface area (Å²) in [6, 6.07) is 32.7. The summed E-state index contributed by atoms with van der Waals surface area (Å²) in [5, 5.41) is 14.0. The van der Waals surface area contributed by atoms with Gasteiger partial charge in [-0.15, -0.1) is 0 Å². The fourth-order valence-electron chi connectivity index (χ4n) is 16.2. The van der Waals surface area contributed by atoms with E-state index >= 15 is 0 Å². The van der Waals surface area contributed by atoms with E-state index in [9.17, 15) is 68.3 Å². The first-order chi connectivity index (χ1) is 57.5. The Kier molecular flexibility index (Phi) is 22.1. The number of hydrogen-bond donors (Lipinski definition) is 6. The van der Waals surface area contributed by atoms with Crippen molar-refractivity contribution in [2.75, 3.05) is 21.7 Å². The second-order valence-corrected chi connectivity index (χ2v) is 34.2. The molecule has 6 aromatic carbocycles. The molecule has 634 valence electrons. The molecule has 6 aliphatic heterocycles. The number of rotatable bonds is 16. The van der Waals surface area contributed by atoms with Gasteiger partial charge in [-0.1, -0.05) is 53.7 Å². The molecule has 0 spiro atoms. The largest absolute Gasteiger partial charge is 0.489 e. The average molecular weight is 1680 g/mol. The van der Waals surface area contributed by atoms with Crippen molar-refractivity contribution in [3.63, 3.8) is 0 Å². The molecule has 9 aliphatic rings. The van der Waals surface area contributed by atoms with Crippen molar-refractivity contribution >= 4 is 58.5 Å². The van der Waals surface area contributed by atoms with Crippen LogP contribution in [0, 0.1) is 17.8 Å². The molecule has 3 fully saturated rings. The number of nitrogens with one attached hydrogen (secondary N) is 4. The third kappa shape index (κ3) is 18.4. The smallest absolute Gasteiger partial charge is 0.416 e. The van der Waals surface area contributed by atoms with Gasteiger partial charge in [0.2, 0.25) is 17.7 Å². The monoisotopic (exact) mass is 1680 g/mol. The molecule has 3 aliphatic carbocycles. The van der Waals surface area contributed by atoms with Crippen LogP contribution in [0.4, 0.5) is 67.4 Å². The van der Waals surface area contributed by atoms with Crippen molar-refractivity contribution < 1.29 is 96.7 Å². The van der Waals surface area contributed by atoms with Crippen LogP contribution in [0.5, 0.6) is 51.7 Å². The minimum absolute atomic E-state index is 0.00913. The summed E-state index contributed by atoms with van der Waals surface area (Å²) >= 11 is 0. The average Bonchev–Trinajstić information content (AvgIpc) is 1.54. The number of nitrogen functional groups attached to an aromatic ring is 1. The van der Waals surface area contributed by atoms with Gasteiger partial charge in [0.25, 0.3) is 0 Å². The number of hydrogen-bond acceptors (Lipinski definition) is 17. The number of anilines is 4. The fraction of sp³-hybridized carbons (Fsp3) is 0.360. The molecule has 9 atom stereocenters. The lowest BCUT2D eigenvalue weighted by molar-refractivity contribution is -0.138. The lowest BCUT2D eigenvalue weighted by atomic mass is 9.84. The van der Waals surface area contributed by atoms with Crippen LogP contribution in [-0.2, 0) is 91.1 Å². The lowest BCUT2D eigenvalue weighted by Gasteiger charge is -2.22. The highest BCUT2D eigenvalue weighted by molar-refractivity contribution is 5.94. The van der Waals surface area contributed by atoms with Crippen LogP contribution < -0.4 is 61.2 Å². The predicted molar refractivity (Wildman–Crippen MR) is 428 cm³/mol. The summed E-state index contributed by atoms with van der Waals surface area (Å²) in [4.78, 5) is 87.8. The number of nitrogens with two attached hydrogens (primary N) is 2. The molecule has 0 radical (unpaired) electrons. The first-order valence-corrected chi connectivity index (χ1v) is 39.4. The number of carbonyl (C=O) groups is 6. The maximum Gasteiger partial charge on any atom is 0.416 e. The van der Waals surface area contributed by atoms with E-state index in [1.807, 2.05) is 77.9 Å². The number of pyridine rings is 3. The number of ether oxygens (including phenoxy) is 6. The zero-order valence-corrected chi connectivity index (χ0v) is 67.1. The van der Waals surface area contributed by atoms with Gasteiger partial charge in [0.15, 0.2) is 0 Å². The normalized spacial score (nSPS) is 20.6. The molecule has 122 heavy (non-hydrogen) atoms. The van der Waals surface area contributed by atoms with E-state index in [2.05, 4.69) is 46.2 Å². The molecule has 5 amide bonds. The molecule has 0 bridgehead atoms. The number of benzene rings is 6. The van der Waals surface area contributed by atoms with Gasteiger partial charge in [0, 0.05) is 131 Å². The molecule has 33 heteroatoms. The van der Waals surface area contributed by atoms with Crippen LogP contribution in [0.2, 0.25) is 0 Å². The van der Waals surface area contributed by atoms with E-state index in [-0.39, 0.29) is 121 Å². The van der Waals surface area contributed by atoms with Gasteiger partial charge in [-0.25, -0.2) is 19.7 Å². The van der Waals surface area contributed by atoms with E-state index in [1.54, 1.807) is 87.0 Å². The van der Waals surface area contributed by atoms with Crippen LogP contribution in [0.15, 0.2) is 151 Å². The summed E-state index contributed by atoms with van der Waals surface area (Å²) in [5.74, 6) is 5.81. The van der Waals surface area contributed by atoms with Crippen LogP contribution in [0.3, 0.4) is 0 Å².